The van der Waals surface area contributed by atoms with Crippen LogP contribution in [-0.2, 0) is 6.54 Å². The number of aromatic nitrogens is 2. The van der Waals surface area contributed by atoms with E-state index >= 15 is 0 Å². The van der Waals surface area contributed by atoms with Crippen LogP contribution in [0.15, 0.2) is 36.5 Å². The van der Waals surface area contributed by atoms with Gasteiger partial charge in [0.25, 0.3) is 0 Å². The number of benzene rings is 1. The topological polar surface area (TPSA) is 53.1 Å². The monoisotopic (exact) mass is 287 g/mol. The lowest BCUT2D eigenvalue weighted by Gasteiger charge is -2.24. The lowest BCUT2D eigenvalue weighted by atomic mass is 9.87. The summed E-state index contributed by atoms with van der Waals surface area (Å²) >= 11 is 0. The molecule has 1 aromatic heterocycles. The van der Waals surface area contributed by atoms with Gasteiger partial charge in [-0.05, 0) is 18.4 Å². The standard InChI is InChI=1S/C17H25N3O/c1-4-11-20-17(15(21-3)12-19-20)16(18)14(5-2)13-9-7-6-8-10-13/h6-10,12,14,16H,4-5,11,18H2,1-3H3. The maximum absolute atomic E-state index is 6.59. The van der Waals surface area contributed by atoms with E-state index in [4.69, 9.17) is 10.5 Å². The van der Waals surface area contributed by atoms with Gasteiger partial charge in [-0.1, -0.05) is 44.2 Å². The van der Waals surface area contributed by atoms with Crippen LogP contribution in [0.1, 0.15) is 49.9 Å². The predicted octanol–water partition coefficient (Wildman–Crippen LogP) is 3.50. The Kier molecular flexibility index (Phi) is 5.39. The van der Waals surface area contributed by atoms with Gasteiger partial charge in [-0.15, -0.1) is 0 Å². The summed E-state index contributed by atoms with van der Waals surface area (Å²) in [6.45, 7) is 5.17. The zero-order valence-electron chi connectivity index (χ0n) is 13.1. The molecule has 114 valence electrons. The summed E-state index contributed by atoms with van der Waals surface area (Å²) in [5.41, 5.74) is 8.85. The van der Waals surface area contributed by atoms with Gasteiger partial charge in [-0.2, -0.15) is 5.10 Å². The van der Waals surface area contributed by atoms with Crippen LogP contribution in [0.4, 0.5) is 0 Å². The summed E-state index contributed by atoms with van der Waals surface area (Å²) in [5, 5.41) is 4.42. The molecule has 0 aliphatic rings. The van der Waals surface area contributed by atoms with E-state index in [0.29, 0.717) is 0 Å². The van der Waals surface area contributed by atoms with E-state index in [1.807, 2.05) is 10.7 Å². The summed E-state index contributed by atoms with van der Waals surface area (Å²) < 4.78 is 7.44. The number of nitrogens with two attached hydrogens (primary N) is 1. The fourth-order valence-corrected chi connectivity index (χ4v) is 2.85. The first-order valence-corrected chi connectivity index (χ1v) is 7.63. The Labute approximate surface area is 126 Å². The van der Waals surface area contributed by atoms with Crippen molar-refractivity contribution in [2.24, 2.45) is 5.73 Å². The van der Waals surface area contributed by atoms with Gasteiger partial charge in [-0.25, -0.2) is 0 Å². The average Bonchev–Trinajstić information content (AvgIpc) is 2.92. The average molecular weight is 287 g/mol. The number of nitrogens with zero attached hydrogens (tertiary/aromatic N) is 2. The third kappa shape index (κ3) is 3.27. The molecule has 1 aromatic carbocycles. The van der Waals surface area contributed by atoms with Crippen molar-refractivity contribution in [3.05, 3.63) is 47.8 Å². The zero-order valence-corrected chi connectivity index (χ0v) is 13.1. The number of methoxy groups -OCH3 is 1. The van der Waals surface area contributed by atoms with Gasteiger partial charge in [0.15, 0.2) is 5.75 Å². The highest BCUT2D eigenvalue weighted by molar-refractivity contribution is 5.32. The molecule has 0 bridgehead atoms. The summed E-state index contributed by atoms with van der Waals surface area (Å²) in [4.78, 5) is 0. The molecule has 21 heavy (non-hydrogen) atoms. The van der Waals surface area contributed by atoms with Crippen molar-refractivity contribution in [3.8, 4) is 5.75 Å². The van der Waals surface area contributed by atoms with Gasteiger partial charge in [-0.3, -0.25) is 4.68 Å². The van der Waals surface area contributed by atoms with Gasteiger partial charge < -0.3 is 10.5 Å². The number of ether oxygens (including phenoxy) is 1. The molecule has 0 aliphatic heterocycles. The maximum Gasteiger partial charge on any atom is 0.161 e. The lowest BCUT2D eigenvalue weighted by Crippen LogP contribution is -2.23. The summed E-state index contributed by atoms with van der Waals surface area (Å²) in [6, 6.07) is 10.3. The molecule has 2 aromatic rings. The van der Waals surface area contributed by atoms with E-state index in [-0.39, 0.29) is 12.0 Å². The highest BCUT2D eigenvalue weighted by Crippen LogP contribution is 2.36. The van der Waals surface area contributed by atoms with Crippen molar-refractivity contribution < 1.29 is 4.74 Å². The molecule has 1 heterocycles. The largest absolute Gasteiger partial charge is 0.493 e. The molecular weight excluding hydrogens is 262 g/mol. The van der Waals surface area contributed by atoms with Crippen molar-refractivity contribution in [2.45, 2.75) is 45.2 Å². The van der Waals surface area contributed by atoms with Crippen LogP contribution >= 0.6 is 0 Å². The number of hydrogen-bond donors (Lipinski definition) is 1. The molecule has 4 nitrogen and oxygen atoms in total. The first-order valence-electron chi connectivity index (χ1n) is 7.63. The minimum absolute atomic E-state index is 0.124. The molecule has 0 amide bonds. The molecule has 4 heteroatoms. The normalized spacial score (nSPS) is 13.9. The highest BCUT2D eigenvalue weighted by Gasteiger charge is 2.26. The minimum atomic E-state index is -0.124. The minimum Gasteiger partial charge on any atom is -0.493 e. The molecule has 2 rings (SSSR count). The molecule has 0 saturated heterocycles. The Morgan fingerprint density at radius 2 is 1.95 bits per heavy atom. The van der Waals surface area contributed by atoms with E-state index in [2.05, 4.69) is 43.2 Å². The van der Waals surface area contributed by atoms with Crippen molar-refractivity contribution in [1.82, 2.24) is 9.78 Å². The van der Waals surface area contributed by atoms with Gasteiger partial charge in [0.2, 0.25) is 0 Å². The molecule has 2 atom stereocenters. The number of rotatable bonds is 7. The fourth-order valence-electron chi connectivity index (χ4n) is 2.85. The van der Waals surface area contributed by atoms with Crippen LogP contribution in [0.3, 0.4) is 0 Å². The first kappa shape index (κ1) is 15.6. The Hall–Kier alpha value is -1.81. The van der Waals surface area contributed by atoms with E-state index in [9.17, 15) is 0 Å². The molecule has 0 aliphatic carbocycles. The Bertz CT molecular complexity index is 550. The van der Waals surface area contributed by atoms with Crippen LogP contribution < -0.4 is 10.5 Å². The van der Waals surface area contributed by atoms with Crippen LogP contribution in [0, 0.1) is 0 Å². The van der Waals surface area contributed by atoms with E-state index < -0.39 is 0 Å². The Morgan fingerprint density at radius 1 is 1.24 bits per heavy atom. The lowest BCUT2D eigenvalue weighted by molar-refractivity contribution is 0.390. The molecular formula is C17H25N3O. The second-order valence-electron chi connectivity index (χ2n) is 5.27. The fraction of sp³-hybridized carbons (Fsp3) is 0.471. The zero-order chi connectivity index (χ0) is 15.2. The van der Waals surface area contributed by atoms with Crippen LogP contribution in [0.25, 0.3) is 0 Å². The van der Waals surface area contributed by atoms with E-state index in [1.165, 1.54) is 5.56 Å². The molecule has 0 radical (unpaired) electrons. The number of hydrogen-bond acceptors (Lipinski definition) is 3. The highest BCUT2D eigenvalue weighted by atomic mass is 16.5. The Morgan fingerprint density at radius 3 is 2.52 bits per heavy atom. The molecule has 2 unspecified atom stereocenters. The summed E-state index contributed by atoms with van der Waals surface area (Å²) in [5.74, 6) is 1.04. The predicted molar refractivity (Wildman–Crippen MR) is 85.5 cm³/mol. The summed E-state index contributed by atoms with van der Waals surface area (Å²) in [6.07, 6.45) is 3.76. The van der Waals surface area contributed by atoms with Gasteiger partial charge >= 0.3 is 0 Å². The third-order valence-corrected chi connectivity index (χ3v) is 3.92. The van der Waals surface area contributed by atoms with Crippen LogP contribution in [-0.4, -0.2) is 16.9 Å². The van der Waals surface area contributed by atoms with Gasteiger partial charge in [0.05, 0.1) is 25.0 Å². The third-order valence-electron chi connectivity index (χ3n) is 3.92. The van der Waals surface area contributed by atoms with E-state index in [1.54, 1.807) is 13.3 Å². The molecule has 2 N–H and O–H groups in total. The van der Waals surface area contributed by atoms with Crippen LogP contribution in [0.5, 0.6) is 5.75 Å². The second kappa shape index (κ2) is 7.27. The maximum atomic E-state index is 6.59. The smallest absolute Gasteiger partial charge is 0.161 e. The molecule has 0 spiro atoms. The quantitative estimate of drug-likeness (QED) is 0.848. The van der Waals surface area contributed by atoms with Gasteiger partial charge in [0, 0.05) is 12.5 Å². The number of aryl methyl sites for hydroxylation is 1. The molecule has 0 fully saturated rings. The van der Waals surface area contributed by atoms with E-state index in [0.717, 1.165) is 30.8 Å². The van der Waals surface area contributed by atoms with Crippen LogP contribution in [0.2, 0.25) is 0 Å². The van der Waals surface area contributed by atoms with Gasteiger partial charge in [0.1, 0.15) is 0 Å². The molecule has 0 saturated carbocycles. The SMILES string of the molecule is CCCn1ncc(OC)c1C(N)C(CC)c1ccccc1. The van der Waals surface area contributed by atoms with Crippen molar-refractivity contribution in [3.63, 3.8) is 0 Å². The first-order chi connectivity index (χ1) is 10.2. The second-order valence-corrected chi connectivity index (χ2v) is 5.27. The van der Waals surface area contributed by atoms with Crippen molar-refractivity contribution in [1.29, 1.82) is 0 Å². The van der Waals surface area contributed by atoms with Crippen molar-refractivity contribution in [2.75, 3.05) is 7.11 Å². The Balaban J connectivity index is 2.37. The summed E-state index contributed by atoms with van der Waals surface area (Å²) in [7, 11) is 1.67. The van der Waals surface area contributed by atoms with Crippen molar-refractivity contribution >= 4 is 0 Å².